The molecule has 3 rings (SSSR count). The van der Waals surface area contributed by atoms with Crippen LogP contribution < -0.4 is 0 Å². The number of carbonyl (C=O) groups is 1. The molecule has 1 atom stereocenters. The Morgan fingerprint density at radius 3 is 2.25 bits per heavy atom. The molecule has 2 aromatic rings. The Balaban J connectivity index is 2.11. The van der Waals surface area contributed by atoms with Gasteiger partial charge in [-0.05, 0) is 37.1 Å². The average Bonchev–Trinajstić information content (AvgIpc) is 3.17. The van der Waals surface area contributed by atoms with E-state index in [1.54, 1.807) is 0 Å². The molecule has 0 aliphatic carbocycles. The zero-order chi connectivity index (χ0) is 24.2. The van der Waals surface area contributed by atoms with Crippen molar-refractivity contribution >= 4 is 22.1 Å². The third-order valence-electron chi connectivity index (χ3n) is 4.97. The minimum atomic E-state index is -4.77. The number of hydrogen-bond donors (Lipinski definition) is 0. The second kappa shape index (κ2) is 7.64. The Labute approximate surface area is 179 Å². The lowest BCUT2D eigenvalue weighted by Gasteiger charge is -2.19. The topological polar surface area (TPSA) is 71.7 Å². The van der Waals surface area contributed by atoms with Gasteiger partial charge < -0.3 is 4.57 Å². The molecule has 1 aliphatic heterocycles. The van der Waals surface area contributed by atoms with E-state index in [0.717, 1.165) is 12.1 Å². The number of sulfonamides is 1. The van der Waals surface area contributed by atoms with Crippen molar-refractivity contribution in [2.45, 2.75) is 37.5 Å². The Bertz CT molecular complexity index is 1210. The van der Waals surface area contributed by atoms with Crippen LogP contribution in [0.15, 0.2) is 34.4 Å². The number of benzene rings is 1. The van der Waals surface area contributed by atoms with E-state index in [9.17, 15) is 39.6 Å². The Hall–Kier alpha value is -2.83. The van der Waals surface area contributed by atoms with Crippen LogP contribution >= 0.6 is 0 Å². The first kappa shape index (κ1) is 23.8. The van der Waals surface area contributed by atoms with Crippen molar-refractivity contribution in [2.24, 2.45) is 18.1 Å². The summed E-state index contributed by atoms with van der Waals surface area (Å²) < 4.78 is 106. The molecule has 1 aromatic heterocycles. The van der Waals surface area contributed by atoms with Gasteiger partial charge >= 0.3 is 12.4 Å². The van der Waals surface area contributed by atoms with Gasteiger partial charge in [0.15, 0.2) is 0 Å². The smallest absolute Gasteiger partial charge is 0.350 e. The van der Waals surface area contributed by atoms with Gasteiger partial charge in [-0.15, -0.1) is 4.41 Å². The number of halogens is 6. The molecule has 1 aliphatic rings. The SMILES string of the molecule is Cc1cc(C)c(S(=O)(=O)N2N=CC(CC(F)(F)F)C2=O)cc1-c1c(C(F)(F)F)ccn1C. The molecule has 174 valence electrons. The Kier molecular flexibility index (Phi) is 5.69. The van der Waals surface area contributed by atoms with Gasteiger partial charge in [-0.1, -0.05) is 6.07 Å². The summed E-state index contributed by atoms with van der Waals surface area (Å²) in [4.78, 5) is 11.8. The number of amides is 1. The van der Waals surface area contributed by atoms with Crippen LogP contribution in [-0.4, -0.2) is 35.7 Å². The van der Waals surface area contributed by atoms with Crippen LogP contribution in [0.25, 0.3) is 11.3 Å². The number of nitrogens with zero attached hydrogens (tertiary/aromatic N) is 3. The fraction of sp³-hybridized carbons (Fsp3) is 0.368. The molecule has 0 spiro atoms. The van der Waals surface area contributed by atoms with Crippen LogP contribution in [0.1, 0.15) is 23.1 Å². The van der Waals surface area contributed by atoms with Gasteiger partial charge in [0.05, 0.1) is 28.5 Å². The normalized spacial score (nSPS) is 17.5. The van der Waals surface area contributed by atoms with Gasteiger partial charge in [0.2, 0.25) is 0 Å². The molecule has 0 saturated carbocycles. The number of carbonyl (C=O) groups excluding carboxylic acids is 1. The number of aromatic nitrogens is 1. The minimum absolute atomic E-state index is 0.0412. The van der Waals surface area contributed by atoms with Crippen molar-refractivity contribution in [1.82, 2.24) is 8.98 Å². The number of rotatable bonds is 4. The molecule has 2 heterocycles. The zero-order valence-electron chi connectivity index (χ0n) is 16.9. The van der Waals surface area contributed by atoms with Crippen LogP contribution in [-0.2, 0) is 28.0 Å². The molecular formula is C19H17F6N3O3S. The van der Waals surface area contributed by atoms with Crippen LogP contribution in [0.4, 0.5) is 26.3 Å². The van der Waals surface area contributed by atoms with Gasteiger partial charge in [-0.2, -0.15) is 39.9 Å². The van der Waals surface area contributed by atoms with Gasteiger partial charge in [-0.25, -0.2) is 0 Å². The summed E-state index contributed by atoms with van der Waals surface area (Å²) in [6, 6.07) is 3.15. The fourth-order valence-electron chi connectivity index (χ4n) is 3.53. The van der Waals surface area contributed by atoms with Crippen LogP contribution in [0, 0.1) is 19.8 Å². The Morgan fingerprint density at radius 2 is 1.69 bits per heavy atom. The van der Waals surface area contributed by atoms with Crippen LogP contribution in [0.3, 0.4) is 0 Å². The molecule has 0 fully saturated rings. The van der Waals surface area contributed by atoms with Crippen molar-refractivity contribution < 1.29 is 39.6 Å². The summed E-state index contributed by atoms with van der Waals surface area (Å²) in [5, 5.41) is 3.35. The molecule has 1 unspecified atom stereocenters. The van der Waals surface area contributed by atoms with Gasteiger partial charge in [0.25, 0.3) is 15.9 Å². The summed E-state index contributed by atoms with van der Waals surface area (Å²) in [5.41, 5.74) is -0.916. The second-order valence-corrected chi connectivity index (χ2v) is 9.13. The van der Waals surface area contributed by atoms with E-state index >= 15 is 0 Å². The maximum absolute atomic E-state index is 13.5. The predicted octanol–water partition coefficient (Wildman–Crippen LogP) is 4.41. The van der Waals surface area contributed by atoms with E-state index in [-0.39, 0.29) is 21.2 Å². The molecule has 1 aromatic carbocycles. The molecule has 0 saturated heterocycles. The molecule has 0 radical (unpaired) electrons. The summed E-state index contributed by atoms with van der Waals surface area (Å²) in [5.74, 6) is -3.20. The number of aryl methyl sites for hydroxylation is 3. The van der Waals surface area contributed by atoms with Crippen molar-refractivity contribution in [3.05, 3.63) is 41.1 Å². The molecule has 13 heteroatoms. The lowest BCUT2D eigenvalue weighted by molar-refractivity contribution is -0.150. The average molecular weight is 481 g/mol. The van der Waals surface area contributed by atoms with Crippen molar-refractivity contribution in [3.63, 3.8) is 0 Å². The third-order valence-corrected chi connectivity index (χ3v) is 6.69. The van der Waals surface area contributed by atoms with E-state index in [1.165, 1.54) is 37.7 Å². The molecule has 1 amide bonds. The van der Waals surface area contributed by atoms with Gasteiger partial charge in [0.1, 0.15) is 0 Å². The quantitative estimate of drug-likeness (QED) is 0.608. The highest BCUT2D eigenvalue weighted by Crippen LogP contribution is 2.40. The lowest BCUT2D eigenvalue weighted by Crippen LogP contribution is -2.34. The van der Waals surface area contributed by atoms with E-state index < -0.39 is 51.1 Å². The van der Waals surface area contributed by atoms with Gasteiger partial charge in [-0.3, -0.25) is 4.79 Å². The third kappa shape index (κ3) is 4.25. The minimum Gasteiger partial charge on any atom is -0.350 e. The summed E-state index contributed by atoms with van der Waals surface area (Å²) >= 11 is 0. The standard InChI is InChI=1S/C19H17F6N3O3S/c1-10-6-11(2)15(7-13(10)16-14(19(23,24)25)4-5-27(16)3)32(30,31)28-17(29)12(9-26-28)8-18(20,21)22/h4-7,9,12H,8H2,1-3H3. The van der Waals surface area contributed by atoms with E-state index in [0.29, 0.717) is 11.8 Å². The number of alkyl halides is 6. The monoisotopic (exact) mass is 481 g/mol. The van der Waals surface area contributed by atoms with Crippen LogP contribution in [0.5, 0.6) is 0 Å². The molecule has 32 heavy (non-hydrogen) atoms. The highest BCUT2D eigenvalue weighted by atomic mass is 32.2. The summed E-state index contributed by atoms with van der Waals surface area (Å²) in [6.07, 6.45) is -9.26. The van der Waals surface area contributed by atoms with E-state index in [1.807, 2.05) is 0 Å². The number of hydrogen-bond acceptors (Lipinski definition) is 4. The summed E-state index contributed by atoms with van der Waals surface area (Å²) in [7, 11) is -3.42. The highest BCUT2D eigenvalue weighted by Gasteiger charge is 2.44. The summed E-state index contributed by atoms with van der Waals surface area (Å²) in [6.45, 7) is 2.85. The molecule has 0 bridgehead atoms. The fourth-order valence-corrected chi connectivity index (χ4v) is 5.00. The molecule has 6 nitrogen and oxygen atoms in total. The largest absolute Gasteiger partial charge is 0.418 e. The zero-order valence-corrected chi connectivity index (χ0v) is 17.7. The number of hydrazone groups is 1. The van der Waals surface area contributed by atoms with Crippen molar-refractivity contribution in [1.29, 1.82) is 0 Å². The van der Waals surface area contributed by atoms with Crippen molar-refractivity contribution in [2.75, 3.05) is 0 Å². The first-order chi connectivity index (χ1) is 14.5. The second-order valence-electron chi connectivity index (χ2n) is 7.40. The maximum Gasteiger partial charge on any atom is 0.418 e. The van der Waals surface area contributed by atoms with Crippen LogP contribution in [0.2, 0.25) is 0 Å². The highest BCUT2D eigenvalue weighted by molar-refractivity contribution is 7.89. The predicted molar refractivity (Wildman–Crippen MR) is 102 cm³/mol. The molecular weight excluding hydrogens is 464 g/mol. The Morgan fingerprint density at radius 1 is 1.06 bits per heavy atom. The van der Waals surface area contributed by atoms with Gasteiger partial charge in [0, 0.05) is 25.0 Å². The van der Waals surface area contributed by atoms with E-state index in [4.69, 9.17) is 0 Å². The van der Waals surface area contributed by atoms with E-state index in [2.05, 4.69) is 5.10 Å². The lowest BCUT2D eigenvalue weighted by atomic mass is 10.00. The first-order valence-corrected chi connectivity index (χ1v) is 10.5. The van der Waals surface area contributed by atoms with Crippen molar-refractivity contribution in [3.8, 4) is 11.3 Å². The first-order valence-electron chi connectivity index (χ1n) is 9.08. The maximum atomic E-state index is 13.5. The molecule has 0 N–H and O–H groups in total.